The zero-order chi connectivity index (χ0) is 16.4. The van der Waals surface area contributed by atoms with Crippen molar-refractivity contribution < 1.29 is 14.2 Å². The molecule has 0 spiro atoms. The summed E-state index contributed by atoms with van der Waals surface area (Å²) in [5.74, 6) is 2.19. The van der Waals surface area contributed by atoms with Gasteiger partial charge in [0.05, 0.1) is 12.3 Å². The third kappa shape index (κ3) is 3.12. The van der Waals surface area contributed by atoms with Gasteiger partial charge in [0.15, 0.2) is 11.5 Å². The van der Waals surface area contributed by atoms with Crippen LogP contribution in [0.1, 0.15) is 23.7 Å². The molecular weight excluding hydrogens is 306 g/mol. The van der Waals surface area contributed by atoms with Crippen molar-refractivity contribution in [3.63, 3.8) is 0 Å². The molecule has 1 aromatic heterocycles. The van der Waals surface area contributed by atoms with Crippen LogP contribution < -0.4 is 14.8 Å². The first kappa shape index (κ1) is 15.5. The van der Waals surface area contributed by atoms with E-state index in [0.717, 1.165) is 48.7 Å². The Morgan fingerprint density at radius 3 is 3.04 bits per heavy atom. The second-order valence-electron chi connectivity index (χ2n) is 6.36. The first-order valence-electron chi connectivity index (χ1n) is 8.49. The van der Waals surface area contributed by atoms with Gasteiger partial charge in [-0.1, -0.05) is 12.1 Å². The molecule has 6 heteroatoms. The number of hydrogen-bond donors (Lipinski definition) is 1. The Labute approximate surface area is 141 Å². The number of para-hydroxylation sites is 1. The number of benzene rings is 1. The molecule has 3 heterocycles. The Balaban J connectivity index is 1.37. The molecule has 1 saturated heterocycles. The number of aryl methyl sites for hydroxylation is 1. The summed E-state index contributed by atoms with van der Waals surface area (Å²) in [6, 6.07) is 6.06. The van der Waals surface area contributed by atoms with E-state index in [1.54, 1.807) is 0 Å². The van der Waals surface area contributed by atoms with Crippen molar-refractivity contribution in [1.82, 2.24) is 15.1 Å². The van der Waals surface area contributed by atoms with Gasteiger partial charge in [0.1, 0.15) is 13.2 Å². The normalized spacial score (nSPS) is 22.7. The molecule has 128 valence electrons. The van der Waals surface area contributed by atoms with Crippen molar-refractivity contribution in [1.29, 1.82) is 0 Å². The SMILES string of the molecule is Cn1cc([C@@H]2OCC[C@@H]2CNCc2cccc3c2OCCO3)cn1. The third-order valence-electron chi connectivity index (χ3n) is 4.64. The second-order valence-corrected chi connectivity index (χ2v) is 6.36. The molecule has 1 N–H and O–H groups in total. The average Bonchev–Trinajstić information content (AvgIpc) is 3.24. The minimum atomic E-state index is 0.135. The standard InChI is InChI=1S/C18H23N3O3/c1-21-12-15(11-20-21)17-14(5-6-23-17)10-19-9-13-3-2-4-16-18(13)24-8-7-22-16/h2-4,11-12,14,17,19H,5-10H2,1H3/t14-,17-/m1/s1. The summed E-state index contributed by atoms with van der Waals surface area (Å²) in [5, 5.41) is 7.82. The van der Waals surface area contributed by atoms with Gasteiger partial charge < -0.3 is 19.5 Å². The lowest BCUT2D eigenvalue weighted by molar-refractivity contribution is 0.0903. The summed E-state index contributed by atoms with van der Waals surface area (Å²) in [6.45, 7) is 3.72. The van der Waals surface area contributed by atoms with E-state index in [0.29, 0.717) is 19.1 Å². The summed E-state index contributed by atoms with van der Waals surface area (Å²) < 4.78 is 19.2. The largest absolute Gasteiger partial charge is 0.486 e. The second kappa shape index (κ2) is 6.83. The fourth-order valence-electron chi connectivity index (χ4n) is 3.46. The summed E-state index contributed by atoms with van der Waals surface area (Å²) in [5.41, 5.74) is 2.31. The van der Waals surface area contributed by atoms with Crippen molar-refractivity contribution in [3.8, 4) is 11.5 Å². The van der Waals surface area contributed by atoms with Crippen LogP contribution in [-0.2, 0) is 18.3 Å². The molecule has 0 saturated carbocycles. The Morgan fingerprint density at radius 2 is 2.17 bits per heavy atom. The van der Waals surface area contributed by atoms with Crippen molar-refractivity contribution in [3.05, 3.63) is 41.7 Å². The maximum atomic E-state index is 5.92. The van der Waals surface area contributed by atoms with Gasteiger partial charge >= 0.3 is 0 Å². The first-order valence-corrected chi connectivity index (χ1v) is 8.49. The molecule has 0 bridgehead atoms. The van der Waals surface area contributed by atoms with E-state index in [-0.39, 0.29) is 6.10 Å². The van der Waals surface area contributed by atoms with Crippen molar-refractivity contribution in [2.24, 2.45) is 13.0 Å². The lowest BCUT2D eigenvalue weighted by Crippen LogP contribution is -2.25. The average molecular weight is 329 g/mol. The van der Waals surface area contributed by atoms with E-state index in [1.807, 2.05) is 36.3 Å². The highest BCUT2D eigenvalue weighted by molar-refractivity contribution is 5.47. The molecule has 0 unspecified atom stereocenters. The van der Waals surface area contributed by atoms with Gasteiger partial charge in [-0.15, -0.1) is 0 Å². The van der Waals surface area contributed by atoms with Crippen LogP contribution in [0.15, 0.2) is 30.6 Å². The molecule has 0 amide bonds. The molecule has 0 aliphatic carbocycles. The van der Waals surface area contributed by atoms with Crippen molar-refractivity contribution in [2.45, 2.75) is 19.1 Å². The number of nitrogens with one attached hydrogen (secondary N) is 1. The van der Waals surface area contributed by atoms with Crippen LogP contribution in [0.25, 0.3) is 0 Å². The molecule has 2 atom stereocenters. The number of fused-ring (bicyclic) bond motifs is 1. The zero-order valence-corrected chi connectivity index (χ0v) is 13.9. The summed E-state index contributed by atoms with van der Waals surface area (Å²) in [4.78, 5) is 0. The van der Waals surface area contributed by atoms with Gasteiger partial charge in [-0.05, 0) is 12.5 Å². The quantitative estimate of drug-likeness (QED) is 0.910. The maximum absolute atomic E-state index is 5.92. The number of hydrogen-bond acceptors (Lipinski definition) is 5. The van der Waals surface area contributed by atoms with E-state index < -0.39 is 0 Å². The highest BCUT2D eigenvalue weighted by Crippen LogP contribution is 2.35. The van der Waals surface area contributed by atoms with E-state index in [1.165, 1.54) is 0 Å². The number of ether oxygens (including phenoxy) is 3. The Bertz CT molecular complexity index is 701. The maximum Gasteiger partial charge on any atom is 0.165 e. The van der Waals surface area contributed by atoms with Crippen molar-refractivity contribution in [2.75, 3.05) is 26.4 Å². The molecule has 4 rings (SSSR count). The molecule has 0 radical (unpaired) electrons. The van der Waals surface area contributed by atoms with Crippen LogP contribution in [0, 0.1) is 5.92 Å². The van der Waals surface area contributed by atoms with Crippen LogP contribution in [0.4, 0.5) is 0 Å². The van der Waals surface area contributed by atoms with Crippen molar-refractivity contribution >= 4 is 0 Å². The Kier molecular flexibility index (Phi) is 4.40. The molecule has 6 nitrogen and oxygen atoms in total. The van der Waals surface area contributed by atoms with E-state index >= 15 is 0 Å². The smallest absolute Gasteiger partial charge is 0.165 e. The lowest BCUT2D eigenvalue weighted by Gasteiger charge is -2.22. The van der Waals surface area contributed by atoms with Crippen LogP contribution >= 0.6 is 0 Å². The highest BCUT2D eigenvalue weighted by Gasteiger charge is 2.30. The predicted molar refractivity (Wildman–Crippen MR) is 89.1 cm³/mol. The zero-order valence-electron chi connectivity index (χ0n) is 13.9. The van der Waals surface area contributed by atoms with Gasteiger partial charge in [-0.25, -0.2) is 0 Å². The molecule has 1 aromatic carbocycles. The fourth-order valence-corrected chi connectivity index (χ4v) is 3.46. The molecule has 24 heavy (non-hydrogen) atoms. The minimum Gasteiger partial charge on any atom is -0.486 e. The van der Waals surface area contributed by atoms with Crippen LogP contribution in [0.3, 0.4) is 0 Å². The Hall–Kier alpha value is -2.05. The van der Waals surface area contributed by atoms with Gasteiger partial charge in [0, 0.05) is 50.0 Å². The van der Waals surface area contributed by atoms with Gasteiger partial charge in [-0.2, -0.15) is 5.10 Å². The molecular formula is C18H23N3O3. The monoisotopic (exact) mass is 329 g/mol. The Morgan fingerprint density at radius 1 is 1.25 bits per heavy atom. The van der Waals surface area contributed by atoms with Gasteiger partial charge in [0.2, 0.25) is 0 Å². The molecule has 1 fully saturated rings. The molecule has 2 aliphatic rings. The van der Waals surface area contributed by atoms with E-state index in [9.17, 15) is 0 Å². The lowest BCUT2D eigenvalue weighted by atomic mass is 9.97. The first-order chi connectivity index (χ1) is 11.8. The van der Waals surface area contributed by atoms with Gasteiger partial charge in [0.25, 0.3) is 0 Å². The minimum absolute atomic E-state index is 0.135. The van der Waals surface area contributed by atoms with E-state index in [2.05, 4.69) is 16.5 Å². The topological polar surface area (TPSA) is 57.5 Å². The molecule has 2 aromatic rings. The number of aromatic nitrogens is 2. The molecule has 2 aliphatic heterocycles. The summed E-state index contributed by atoms with van der Waals surface area (Å²) in [6.07, 6.45) is 5.15. The van der Waals surface area contributed by atoms with Crippen LogP contribution in [0.5, 0.6) is 11.5 Å². The number of nitrogens with zero attached hydrogens (tertiary/aromatic N) is 2. The fraction of sp³-hybridized carbons (Fsp3) is 0.500. The highest BCUT2D eigenvalue weighted by atomic mass is 16.6. The number of rotatable bonds is 5. The van der Waals surface area contributed by atoms with E-state index in [4.69, 9.17) is 14.2 Å². The summed E-state index contributed by atoms with van der Waals surface area (Å²) >= 11 is 0. The third-order valence-corrected chi connectivity index (χ3v) is 4.64. The predicted octanol–water partition coefficient (Wildman–Crippen LogP) is 2.06. The van der Waals surface area contributed by atoms with Crippen LogP contribution in [-0.4, -0.2) is 36.1 Å². The van der Waals surface area contributed by atoms with Gasteiger partial charge in [-0.3, -0.25) is 4.68 Å². The summed E-state index contributed by atoms with van der Waals surface area (Å²) in [7, 11) is 1.94. The van der Waals surface area contributed by atoms with Crippen LogP contribution in [0.2, 0.25) is 0 Å².